The first kappa shape index (κ1) is 27.0. The molecule has 1 aliphatic rings. The van der Waals surface area contributed by atoms with E-state index in [9.17, 15) is 14.0 Å². The summed E-state index contributed by atoms with van der Waals surface area (Å²) in [6.07, 6.45) is 5.12. The number of carbonyl (C=O) groups excluding carboxylic acids is 2. The van der Waals surface area contributed by atoms with Crippen molar-refractivity contribution >= 4 is 34.2 Å². The van der Waals surface area contributed by atoms with Crippen LogP contribution in [0, 0.1) is 5.82 Å². The molecule has 2 aromatic carbocycles. The number of hydrogen-bond acceptors (Lipinski definition) is 7. The monoisotopic (exact) mass is 541 g/mol. The number of fused-ring (bicyclic) bond motifs is 1. The summed E-state index contributed by atoms with van der Waals surface area (Å²) in [5.41, 5.74) is 6.12. The molecule has 0 spiro atoms. The van der Waals surface area contributed by atoms with Gasteiger partial charge in [0.15, 0.2) is 5.82 Å². The van der Waals surface area contributed by atoms with Crippen molar-refractivity contribution < 1.29 is 14.0 Å². The maximum absolute atomic E-state index is 15.0. The molecule has 2 amide bonds. The van der Waals surface area contributed by atoms with E-state index in [2.05, 4.69) is 32.1 Å². The quantitative estimate of drug-likeness (QED) is 0.182. The van der Waals surface area contributed by atoms with Crippen LogP contribution >= 0.6 is 0 Å². The molecular formula is C30H32FN7O2. The number of aromatic nitrogens is 2. The lowest BCUT2D eigenvalue weighted by molar-refractivity contribution is -0.131. The standard InChI is InChI=1S/C30H32FN7O2/c31-24-18-22(7-8-23(24)30(40)34-14-12-28(39)38-15-2-1-3-16-38)26-10-11-27(37-32)29(36-26)35-19-20-6-9-25-21(17-20)5-4-13-33-25/h4-11,13,17-18,37H,1-3,12,14-16,19,32H2,(H,34,40)(H,35,36). The second kappa shape index (κ2) is 12.5. The zero-order chi connectivity index (χ0) is 27.9. The number of benzene rings is 2. The Hall–Kier alpha value is -4.57. The molecule has 0 saturated carbocycles. The number of pyridine rings is 2. The Morgan fingerprint density at radius 2 is 1.85 bits per heavy atom. The van der Waals surface area contributed by atoms with Gasteiger partial charge in [0.1, 0.15) is 5.82 Å². The Kier molecular flexibility index (Phi) is 8.46. The molecule has 1 fully saturated rings. The van der Waals surface area contributed by atoms with Gasteiger partial charge in [0.2, 0.25) is 5.91 Å². The number of hydrazine groups is 1. The average Bonchev–Trinajstić information content (AvgIpc) is 3.00. The van der Waals surface area contributed by atoms with Gasteiger partial charge in [-0.05, 0) is 67.3 Å². The van der Waals surface area contributed by atoms with Crippen LogP contribution in [0.25, 0.3) is 22.2 Å². The number of halogens is 1. The number of carbonyl (C=O) groups is 2. The highest BCUT2D eigenvalue weighted by atomic mass is 19.1. The van der Waals surface area contributed by atoms with Crippen LogP contribution in [0.2, 0.25) is 0 Å². The number of nitrogens with two attached hydrogens (primary N) is 1. The van der Waals surface area contributed by atoms with Gasteiger partial charge in [0.25, 0.3) is 5.91 Å². The van der Waals surface area contributed by atoms with E-state index in [1.54, 1.807) is 24.4 Å². The van der Waals surface area contributed by atoms with E-state index in [1.165, 1.54) is 12.1 Å². The molecular weight excluding hydrogens is 509 g/mol. The van der Waals surface area contributed by atoms with Crippen molar-refractivity contribution in [2.45, 2.75) is 32.2 Å². The van der Waals surface area contributed by atoms with Crippen LogP contribution in [0.5, 0.6) is 0 Å². The zero-order valence-corrected chi connectivity index (χ0v) is 22.1. The van der Waals surface area contributed by atoms with E-state index < -0.39 is 11.7 Å². The van der Waals surface area contributed by atoms with Gasteiger partial charge in [-0.25, -0.2) is 9.37 Å². The Balaban J connectivity index is 1.24. The average molecular weight is 542 g/mol. The van der Waals surface area contributed by atoms with Crippen LogP contribution in [0.1, 0.15) is 41.6 Å². The van der Waals surface area contributed by atoms with Crippen molar-refractivity contribution in [2.24, 2.45) is 5.84 Å². The summed E-state index contributed by atoms with van der Waals surface area (Å²) in [4.78, 5) is 35.7. The van der Waals surface area contributed by atoms with E-state index in [0.717, 1.165) is 48.8 Å². The fourth-order valence-electron chi connectivity index (χ4n) is 4.83. The van der Waals surface area contributed by atoms with Crippen LogP contribution in [0.3, 0.4) is 0 Å². The Morgan fingerprint density at radius 1 is 1.00 bits per heavy atom. The molecule has 9 nitrogen and oxygen atoms in total. The maximum Gasteiger partial charge on any atom is 0.254 e. The fourth-order valence-corrected chi connectivity index (χ4v) is 4.83. The van der Waals surface area contributed by atoms with Crippen molar-refractivity contribution in [3.05, 3.63) is 83.8 Å². The molecule has 3 heterocycles. The molecule has 0 unspecified atom stereocenters. The number of anilines is 2. The molecule has 0 bridgehead atoms. The second-order valence-corrected chi connectivity index (χ2v) is 9.76. The summed E-state index contributed by atoms with van der Waals surface area (Å²) >= 11 is 0. The molecule has 5 N–H and O–H groups in total. The lowest BCUT2D eigenvalue weighted by Gasteiger charge is -2.26. The Morgan fingerprint density at radius 3 is 2.65 bits per heavy atom. The number of nitrogens with zero attached hydrogens (tertiary/aromatic N) is 3. The van der Waals surface area contributed by atoms with Gasteiger partial charge in [0.05, 0.1) is 22.5 Å². The zero-order valence-electron chi connectivity index (χ0n) is 22.1. The van der Waals surface area contributed by atoms with E-state index in [0.29, 0.717) is 29.3 Å². The van der Waals surface area contributed by atoms with Gasteiger partial charge in [0, 0.05) is 49.7 Å². The van der Waals surface area contributed by atoms with Gasteiger partial charge in [-0.15, -0.1) is 0 Å². The number of hydrogen-bond donors (Lipinski definition) is 4. The number of nitrogen functional groups attached to an aromatic ring is 1. The van der Waals surface area contributed by atoms with Gasteiger partial charge >= 0.3 is 0 Å². The number of rotatable bonds is 9. The van der Waals surface area contributed by atoms with Crippen molar-refractivity contribution in [3.8, 4) is 11.3 Å². The predicted octanol–water partition coefficient (Wildman–Crippen LogP) is 4.47. The summed E-state index contributed by atoms with van der Waals surface area (Å²) in [5.74, 6) is 4.99. The smallest absolute Gasteiger partial charge is 0.254 e. The third kappa shape index (κ3) is 6.35. The molecule has 0 radical (unpaired) electrons. The van der Waals surface area contributed by atoms with E-state index in [1.807, 2.05) is 29.2 Å². The highest BCUT2D eigenvalue weighted by Crippen LogP contribution is 2.27. The first-order valence-corrected chi connectivity index (χ1v) is 13.4. The van der Waals surface area contributed by atoms with Gasteiger partial charge in [-0.1, -0.05) is 18.2 Å². The van der Waals surface area contributed by atoms with Crippen molar-refractivity contribution in [3.63, 3.8) is 0 Å². The first-order chi connectivity index (χ1) is 19.5. The second-order valence-electron chi connectivity index (χ2n) is 9.76. The first-order valence-electron chi connectivity index (χ1n) is 13.4. The lowest BCUT2D eigenvalue weighted by atomic mass is 10.1. The van der Waals surface area contributed by atoms with Gasteiger partial charge in [-0.2, -0.15) is 0 Å². The Bertz CT molecular complexity index is 1520. The third-order valence-electron chi connectivity index (χ3n) is 7.02. The van der Waals surface area contributed by atoms with Gasteiger partial charge in [-0.3, -0.25) is 20.4 Å². The van der Waals surface area contributed by atoms with Gasteiger partial charge < -0.3 is 21.0 Å². The largest absolute Gasteiger partial charge is 0.364 e. The minimum absolute atomic E-state index is 0.0133. The van der Waals surface area contributed by atoms with Crippen LogP contribution < -0.4 is 21.9 Å². The molecule has 5 rings (SSSR count). The number of likely N-dealkylation sites (tertiary alicyclic amines) is 1. The molecule has 206 valence electrons. The van der Waals surface area contributed by atoms with Crippen molar-refractivity contribution in [2.75, 3.05) is 30.4 Å². The van der Waals surface area contributed by atoms with Crippen LogP contribution in [0.15, 0.2) is 66.9 Å². The summed E-state index contributed by atoms with van der Waals surface area (Å²) in [6, 6.07) is 17.8. The summed E-state index contributed by atoms with van der Waals surface area (Å²) in [6.45, 7) is 2.17. The van der Waals surface area contributed by atoms with E-state index in [4.69, 9.17) is 5.84 Å². The lowest BCUT2D eigenvalue weighted by Crippen LogP contribution is -2.37. The SMILES string of the molecule is NNc1ccc(-c2ccc(C(=O)NCCC(=O)N3CCCCC3)c(F)c2)nc1NCc1ccc2ncccc2c1. The molecule has 1 saturated heterocycles. The minimum atomic E-state index is -0.667. The highest BCUT2D eigenvalue weighted by Gasteiger charge is 2.18. The van der Waals surface area contributed by atoms with Crippen molar-refractivity contribution in [1.82, 2.24) is 20.2 Å². The van der Waals surface area contributed by atoms with E-state index in [-0.39, 0.29) is 24.4 Å². The van der Waals surface area contributed by atoms with Crippen LogP contribution in [0.4, 0.5) is 15.9 Å². The number of amides is 2. The van der Waals surface area contributed by atoms with E-state index >= 15 is 0 Å². The number of piperidine rings is 1. The third-order valence-corrected chi connectivity index (χ3v) is 7.02. The number of nitrogens with one attached hydrogen (secondary N) is 3. The maximum atomic E-state index is 15.0. The van der Waals surface area contributed by atoms with Crippen molar-refractivity contribution in [1.29, 1.82) is 0 Å². The molecule has 2 aromatic heterocycles. The normalized spacial score (nSPS) is 13.2. The fraction of sp³-hybridized carbons (Fsp3) is 0.267. The summed E-state index contributed by atoms with van der Waals surface area (Å²) in [5, 5.41) is 6.99. The molecule has 4 aromatic rings. The summed E-state index contributed by atoms with van der Waals surface area (Å²) < 4.78 is 15.0. The highest BCUT2D eigenvalue weighted by molar-refractivity contribution is 5.95. The molecule has 1 aliphatic heterocycles. The topological polar surface area (TPSA) is 125 Å². The predicted molar refractivity (Wildman–Crippen MR) is 154 cm³/mol. The Labute approximate surface area is 232 Å². The summed E-state index contributed by atoms with van der Waals surface area (Å²) in [7, 11) is 0. The molecule has 40 heavy (non-hydrogen) atoms. The minimum Gasteiger partial charge on any atom is -0.364 e. The van der Waals surface area contributed by atoms with Crippen LogP contribution in [-0.2, 0) is 11.3 Å². The molecule has 10 heteroatoms. The molecule has 0 atom stereocenters. The van der Waals surface area contributed by atoms with Crippen LogP contribution in [-0.4, -0.2) is 46.3 Å². The molecule has 0 aliphatic carbocycles.